The van der Waals surface area contributed by atoms with Crippen LogP contribution in [0.25, 0.3) is 10.9 Å². The molecule has 4 rings (SSSR count). The number of rotatable bonds is 5. The molecular weight excluding hydrogens is 345 g/mol. The molecule has 0 aliphatic heterocycles. The highest BCUT2D eigenvalue weighted by Gasteiger charge is 2.38. The summed E-state index contributed by atoms with van der Waals surface area (Å²) in [7, 11) is 0. The molecule has 1 aromatic heterocycles. The van der Waals surface area contributed by atoms with Crippen LogP contribution in [0.1, 0.15) is 31.2 Å². The molecule has 138 valence electrons. The van der Waals surface area contributed by atoms with Gasteiger partial charge in [0.15, 0.2) is 6.61 Å². The second-order valence-corrected chi connectivity index (χ2v) is 6.80. The van der Waals surface area contributed by atoms with E-state index in [0.717, 1.165) is 36.6 Å². The molecule has 0 unspecified atom stereocenters. The zero-order valence-electron chi connectivity index (χ0n) is 14.8. The molecule has 1 aliphatic rings. The van der Waals surface area contributed by atoms with Gasteiger partial charge in [-0.05, 0) is 31.0 Å². The number of nitrogens with zero attached hydrogens (tertiary/aromatic N) is 2. The average molecular weight is 365 g/mol. The Labute approximate surface area is 156 Å². The lowest BCUT2D eigenvalue weighted by molar-refractivity contribution is -0.125. The van der Waals surface area contributed by atoms with E-state index in [2.05, 4.69) is 15.3 Å². The van der Waals surface area contributed by atoms with E-state index in [-0.39, 0.29) is 18.3 Å². The van der Waals surface area contributed by atoms with E-state index < -0.39 is 5.54 Å². The third-order valence-corrected chi connectivity index (χ3v) is 5.07. The third-order valence-electron chi connectivity index (χ3n) is 5.07. The first-order chi connectivity index (χ1) is 13.2. The molecular formula is C21H20FN3O2. The Hall–Kier alpha value is -3.02. The van der Waals surface area contributed by atoms with Crippen LogP contribution in [0.2, 0.25) is 0 Å². The number of ether oxygens (including phenoxy) is 1. The molecule has 1 amide bonds. The molecule has 0 spiro atoms. The van der Waals surface area contributed by atoms with E-state index in [4.69, 9.17) is 4.74 Å². The number of aromatic nitrogens is 2. The van der Waals surface area contributed by atoms with Crippen molar-refractivity contribution in [3.63, 3.8) is 0 Å². The molecule has 0 atom stereocenters. The number of para-hydroxylation sites is 1. The molecule has 5 nitrogen and oxygen atoms in total. The lowest BCUT2D eigenvalue weighted by Crippen LogP contribution is -2.46. The molecule has 27 heavy (non-hydrogen) atoms. The number of carbonyl (C=O) groups excluding carboxylic acids is 1. The van der Waals surface area contributed by atoms with Gasteiger partial charge in [0.2, 0.25) is 5.88 Å². The molecule has 0 radical (unpaired) electrons. The molecule has 6 heteroatoms. The summed E-state index contributed by atoms with van der Waals surface area (Å²) in [5.74, 6) is -0.215. The first-order valence-corrected chi connectivity index (χ1v) is 9.06. The maximum Gasteiger partial charge on any atom is 0.258 e. The molecule has 2 aromatic carbocycles. The van der Waals surface area contributed by atoms with Gasteiger partial charge >= 0.3 is 0 Å². The second-order valence-electron chi connectivity index (χ2n) is 6.80. The highest BCUT2D eigenvalue weighted by atomic mass is 19.1. The normalized spacial score (nSPS) is 15.6. The first kappa shape index (κ1) is 17.4. The van der Waals surface area contributed by atoms with Crippen LogP contribution in [-0.2, 0) is 10.3 Å². The van der Waals surface area contributed by atoms with Crippen molar-refractivity contribution in [2.24, 2.45) is 0 Å². The van der Waals surface area contributed by atoms with Crippen molar-refractivity contribution in [3.05, 3.63) is 66.2 Å². The van der Waals surface area contributed by atoms with Crippen LogP contribution < -0.4 is 10.1 Å². The largest absolute Gasteiger partial charge is 0.467 e. The minimum absolute atomic E-state index is 0.183. The van der Waals surface area contributed by atoms with Crippen molar-refractivity contribution < 1.29 is 13.9 Å². The van der Waals surface area contributed by atoms with Crippen LogP contribution in [0.4, 0.5) is 4.39 Å². The topological polar surface area (TPSA) is 64.1 Å². The lowest BCUT2D eigenvalue weighted by Gasteiger charge is -2.31. The van der Waals surface area contributed by atoms with E-state index in [0.29, 0.717) is 11.4 Å². The summed E-state index contributed by atoms with van der Waals surface area (Å²) in [6.07, 6.45) is 4.75. The SMILES string of the molecule is O=C(COc1ncnc2ccccc12)NC1(c2ccccc2F)CCCC1. The number of benzene rings is 2. The summed E-state index contributed by atoms with van der Waals surface area (Å²) in [5.41, 5.74) is 0.629. The van der Waals surface area contributed by atoms with Gasteiger partial charge in [-0.2, -0.15) is 0 Å². The number of carbonyl (C=O) groups is 1. The van der Waals surface area contributed by atoms with E-state index in [9.17, 15) is 9.18 Å². The number of halogens is 1. The number of hydrogen-bond donors (Lipinski definition) is 1. The third kappa shape index (κ3) is 3.47. The Kier molecular flexibility index (Phi) is 4.71. The van der Waals surface area contributed by atoms with Crippen LogP contribution in [0.15, 0.2) is 54.9 Å². The van der Waals surface area contributed by atoms with Crippen LogP contribution in [-0.4, -0.2) is 22.5 Å². The van der Waals surface area contributed by atoms with E-state index in [1.54, 1.807) is 18.2 Å². The fourth-order valence-electron chi connectivity index (χ4n) is 3.82. The Morgan fingerprint density at radius 2 is 1.81 bits per heavy atom. The van der Waals surface area contributed by atoms with Gasteiger partial charge in [-0.25, -0.2) is 14.4 Å². The lowest BCUT2D eigenvalue weighted by atomic mass is 9.87. The Bertz CT molecular complexity index is 965. The molecule has 1 saturated carbocycles. The van der Waals surface area contributed by atoms with Gasteiger partial charge in [-0.15, -0.1) is 0 Å². The minimum Gasteiger partial charge on any atom is -0.467 e. The molecule has 1 N–H and O–H groups in total. The average Bonchev–Trinajstić information content (AvgIpc) is 3.16. The number of fused-ring (bicyclic) bond motifs is 1. The molecule has 3 aromatic rings. The highest BCUT2D eigenvalue weighted by Crippen LogP contribution is 2.39. The first-order valence-electron chi connectivity index (χ1n) is 9.06. The van der Waals surface area contributed by atoms with E-state index >= 15 is 0 Å². The van der Waals surface area contributed by atoms with Gasteiger partial charge < -0.3 is 10.1 Å². The van der Waals surface area contributed by atoms with Gasteiger partial charge in [-0.1, -0.05) is 43.2 Å². The monoisotopic (exact) mass is 365 g/mol. The van der Waals surface area contributed by atoms with Crippen molar-refractivity contribution in [2.75, 3.05) is 6.61 Å². The van der Waals surface area contributed by atoms with Gasteiger partial charge in [0.1, 0.15) is 12.1 Å². The standard InChI is InChI=1S/C21H20FN3O2/c22-17-9-3-2-8-16(17)21(11-5-6-12-21)25-19(26)13-27-20-15-7-1-4-10-18(15)23-14-24-20/h1-4,7-10,14H,5-6,11-13H2,(H,25,26). The molecule has 1 fully saturated rings. The van der Waals surface area contributed by atoms with Crippen molar-refractivity contribution in [1.82, 2.24) is 15.3 Å². The Balaban J connectivity index is 1.50. The summed E-state index contributed by atoms with van der Waals surface area (Å²) in [5, 5.41) is 3.77. The van der Waals surface area contributed by atoms with Gasteiger partial charge in [-0.3, -0.25) is 4.79 Å². The summed E-state index contributed by atoms with van der Waals surface area (Å²) in [6.45, 7) is -0.183. The van der Waals surface area contributed by atoms with Gasteiger partial charge in [0.05, 0.1) is 16.4 Å². The Morgan fingerprint density at radius 1 is 1.07 bits per heavy atom. The summed E-state index contributed by atoms with van der Waals surface area (Å²) >= 11 is 0. The van der Waals surface area contributed by atoms with Crippen LogP contribution >= 0.6 is 0 Å². The van der Waals surface area contributed by atoms with Crippen molar-refractivity contribution in [3.8, 4) is 5.88 Å². The molecule has 1 aliphatic carbocycles. The number of amides is 1. The zero-order chi connectivity index (χ0) is 18.7. The number of nitrogens with one attached hydrogen (secondary N) is 1. The van der Waals surface area contributed by atoms with Crippen LogP contribution in [0.3, 0.4) is 0 Å². The minimum atomic E-state index is -0.667. The summed E-state index contributed by atoms with van der Waals surface area (Å²) in [6, 6.07) is 14.1. The fourth-order valence-corrected chi connectivity index (χ4v) is 3.82. The predicted molar refractivity (Wildman–Crippen MR) is 99.7 cm³/mol. The predicted octanol–water partition coefficient (Wildman–Crippen LogP) is 3.73. The molecule has 0 bridgehead atoms. The van der Waals surface area contributed by atoms with Crippen LogP contribution in [0.5, 0.6) is 5.88 Å². The van der Waals surface area contributed by atoms with Crippen LogP contribution in [0, 0.1) is 5.82 Å². The fraction of sp³-hybridized carbons (Fsp3) is 0.286. The van der Waals surface area contributed by atoms with Crippen molar-refractivity contribution in [1.29, 1.82) is 0 Å². The molecule has 0 saturated heterocycles. The Morgan fingerprint density at radius 3 is 2.63 bits per heavy atom. The van der Waals surface area contributed by atoms with E-state index in [1.165, 1.54) is 12.4 Å². The highest BCUT2D eigenvalue weighted by molar-refractivity contribution is 5.84. The smallest absolute Gasteiger partial charge is 0.258 e. The van der Waals surface area contributed by atoms with Crippen molar-refractivity contribution in [2.45, 2.75) is 31.2 Å². The van der Waals surface area contributed by atoms with Gasteiger partial charge in [0, 0.05) is 5.56 Å². The second kappa shape index (κ2) is 7.31. The quantitative estimate of drug-likeness (QED) is 0.748. The van der Waals surface area contributed by atoms with E-state index in [1.807, 2.05) is 24.3 Å². The molecule has 1 heterocycles. The zero-order valence-corrected chi connectivity index (χ0v) is 14.8. The summed E-state index contributed by atoms with van der Waals surface area (Å²) < 4.78 is 20.0. The van der Waals surface area contributed by atoms with Crippen molar-refractivity contribution >= 4 is 16.8 Å². The maximum atomic E-state index is 14.4. The number of hydrogen-bond acceptors (Lipinski definition) is 4. The van der Waals surface area contributed by atoms with Gasteiger partial charge in [0.25, 0.3) is 5.91 Å². The summed E-state index contributed by atoms with van der Waals surface area (Å²) in [4.78, 5) is 20.9. The maximum absolute atomic E-state index is 14.4.